The smallest absolute Gasteiger partial charge is 0.419 e. The van der Waals surface area contributed by atoms with E-state index < -0.39 is 11.7 Å². The number of nitrogens with one attached hydrogen (secondary N) is 3. The maximum atomic E-state index is 13.8. The summed E-state index contributed by atoms with van der Waals surface area (Å²) in [5.74, 6) is 0.452. The number of ether oxygens (including phenoxy) is 1. The summed E-state index contributed by atoms with van der Waals surface area (Å²) in [4.78, 5) is 34.8. The standard InChI is InChI=1S/C31H43F3N6O3/c1-20(41)36-25-10-6-4-8-21(25)9-5-7-11-26-24(31(32,33)34)19-35-30(38-26)39-27-13-12-22(18-28(27)43-3)29(42)37-23-14-16-40(2)17-15-23/h12-13,18-19,21,23,25H,4-11,14-17H2,1-3H3,(H,36,41)(H,37,42)(H,35,38,39). The quantitative estimate of drug-likeness (QED) is 0.292. The van der Waals surface area contributed by atoms with Gasteiger partial charge < -0.3 is 25.6 Å². The van der Waals surface area contributed by atoms with Gasteiger partial charge >= 0.3 is 6.18 Å². The van der Waals surface area contributed by atoms with Crippen molar-refractivity contribution in [2.75, 3.05) is 32.6 Å². The number of alkyl halides is 3. The van der Waals surface area contributed by atoms with Gasteiger partial charge in [0.15, 0.2) is 0 Å². The number of unbranched alkanes of at least 4 members (excludes halogenated alkanes) is 1. The van der Waals surface area contributed by atoms with E-state index >= 15 is 0 Å². The van der Waals surface area contributed by atoms with Gasteiger partial charge in [-0.1, -0.05) is 19.3 Å². The van der Waals surface area contributed by atoms with Crippen molar-refractivity contribution >= 4 is 23.5 Å². The first-order chi connectivity index (χ1) is 20.5. The third kappa shape index (κ3) is 9.29. The Morgan fingerprint density at radius 1 is 1.07 bits per heavy atom. The van der Waals surface area contributed by atoms with E-state index in [2.05, 4.69) is 37.9 Å². The van der Waals surface area contributed by atoms with E-state index in [0.29, 0.717) is 29.3 Å². The highest BCUT2D eigenvalue weighted by molar-refractivity contribution is 5.95. The molecule has 2 aliphatic rings. The zero-order valence-electron chi connectivity index (χ0n) is 25.2. The van der Waals surface area contributed by atoms with Crippen LogP contribution in [0.1, 0.15) is 86.3 Å². The van der Waals surface area contributed by atoms with E-state index in [9.17, 15) is 22.8 Å². The molecule has 2 heterocycles. The lowest BCUT2D eigenvalue weighted by Crippen LogP contribution is -2.43. The van der Waals surface area contributed by atoms with Crippen molar-refractivity contribution in [3.8, 4) is 5.75 Å². The molecule has 236 valence electrons. The Hall–Kier alpha value is -3.41. The summed E-state index contributed by atoms with van der Waals surface area (Å²) in [7, 11) is 3.52. The molecule has 2 unspecified atom stereocenters. The van der Waals surface area contributed by atoms with E-state index in [4.69, 9.17) is 4.74 Å². The van der Waals surface area contributed by atoms with Crippen LogP contribution in [-0.4, -0.2) is 66.0 Å². The molecule has 2 atom stereocenters. The number of halogens is 3. The predicted octanol–water partition coefficient (Wildman–Crippen LogP) is 5.48. The fourth-order valence-electron chi connectivity index (χ4n) is 6.09. The molecule has 2 amide bonds. The number of hydrogen-bond donors (Lipinski definition) is 3. The summed E-state index contributed by atoms with van der Waals surface area (Å²) in [6.45, 7) is 3.36. The molecule has 9 nitrogen and oxygen atoms in total. The van der Waals surface area contributed by atoms with Crippen molar-refractivity contribution in [1.29, 1.82) is 0 Å². The number of aromatic nitrogens is 2. The van der Waals surface area contributed by atoms with Gasteiger partial charge in [0.05, 0.1) is 24.1 Å². The summed E-state index contributed by atoms with van der Waals surface area (Å²) in [5, 5.41) is 9.08. The minimum atomic E-state index is -4.58. The molecule has 1 aromatic carbocycles. The first-order valence-electron chi connectivity index (χ1n) is 15.2. The molecule has 4 rings (SSSR count). The van der Waals surface area contributed by atoms with Crippen molar-refractivity contribution in [1.82, 2.24) is 25.5 Å². The monoisotopic (exact) mass is 604 g/mol. The number of carbonyl (C=O) groups excluding carboxylic acids is 2. The Morgan fingerprint density at radius 2 is 1.81 bits per heavy atom. The second-order valence-electron chi connectivity index (χ2n) is 11.7. The number of methoxy groups -OCH3 is 1. The largest absolute Gasteiger partial charge is 0.495 e. The van der Waals surface area contributed by atoms with Gasteiger partial charge in [-0.15, -0.1) is 0 Å². The number of anilines is 2. The van der Waals surface area contributed by atoms with Crippen LogP contribution >= 0.6 is 0 Å². The van der Waals surface area contributed by atoms with Gasteiger partial charge in [-0.3, -0.25) is 9.59 Å². The first-order valence-corrected chi connectivity index (χ1v) is 15.2. The van der Waals surface area contributed by atoms with E-state index in [0.717, 1.165) is 70.7 Å². The molecule has 1 aliphatic carbocycles. The lowest BCUT2D eigenvalue weighted by atomic mass is 9.81. The van der Waals surface area contributed by atoms with E-state index in [1.165, 1.54) is 14.0 Å². The average molecular weight is 605 g/mol. The van der Waals surface area contributed by atoms with E-state index in [-0.39, 0.29) is 42.0 Å². The number of likely N-dealkylation sites (tertiary alicyclic amines) is 1. The van der Waals surface area contributed by atoms with Crippen LogP contribution in [0.5, 0.6) is 5.75 Å². The molecule has 0 spiro atoms. The number of benzene rings is 1. The third-order valence-corrected chi connectivity index (χ3v) is 8.47. The minimum absolute atomic E-state index is 0.0165. The number of hydrogen-bond acceptors (Lipinski definition) is 7. The van der Waals surface area contributed by atoms with Crippen molar-refractivity contribution < 1.29 is 27.5 Å². The Balaban J connectivity index is 1.41. The zero-order valence-corrected chi connectivity index (χ0v) is 25.2. The molecule has 43 heavy (non-hydrogen) atoms. The summed E-state index contributed by atoms with van der Waals surface area (Å²) >= 11 is 0. The van der Waals surface area contributed by atoms with Crippen LogP contribution in [0.4, 0.5) is 24.8 Å². The maximum Gasteiger partial charge on any atom is 0.419 e. The molecule has 0 radical (unpaired) electrons. The molecule has 1 aromatic heterocycles. The van der Waals surface area contributed by atoms with Gasteiger partial charge in [-0.25, -0.2) is 9.97 Å². The topological polar surface area (TPSA) is 108 Å². The summed E-state index contributed by atoms with van der Waals surface area (Å²) in [5.41, 5.74) is -0.0562. The van der Waals surface area contributed by atoms with Gasteiger partial charge in [0.25, 0.3) is 5.91 Å². The number of rotatable bonds is 11. The lowest BCUT2D eigenvalue weighted by molar-refractivity contribution is -0.138. The zero-order chi connectivity index (χ0) is 31.0. The fraction of sp³-hybridized carbons (Fsp3) is 0.613. The Labute approximate surface area is 251 Å². The molecule has 1 saturated heterocycles. The van der Waals surface area contributed by atoms with Crippen LogP contribution in [0.15, 0.2) is 24.4 Å². The molecule has 12 heteroatoms. The van der Waals surface area contributed by atoms with E-state index in [1.807, 2.05) is 0 Å². The maximum absolute atomic E-state index is 13.8. The van der Waals surface area contributed by atoms with Crippen molar-refractivity contribution in [2.45, 2.75) is 89.4 Å². The number of amides is 2. The predicted molar refractivity (Wildman–Crippen MR) is 158 cm³/mol. The van der Waals surface area contributed by atoms with Crippen LogP contribution in [-0.2, 0) is 17.4 Å². The number of piperidine rings is 1. The van der Waals surface area contributed by atoms with Gasteiger partial charge in [-0.05, 0) is 89.2 Å². The van der Waals surface area contributed by atoms with Crippen LogP contribution in [0, 0.1) is 5.92 Å². The highest BCUT2D eigenvalue weighted by Gasteiger charge is 2.35. The van der Waals surface area contributed by atoms with Crippen molar-refractivity contribution in [3.63, 3.8) is 0 Å². The fourth-order valence-corrected chi connectivity index (χ4v) is 6.09. The van der Waals surface area contributed by atoms with Crippen LogP contribution < -0.4 is 20.7 Å². The molecule has 1 saturated carbocycles. The van der Waals surface area contributed by atoms with Crippen LogP contribution in [0.25, 0.3) is 0 Å². The van der Waals surface area contributed by atoms with Crippen LogP contribution in [0.3, 0.4) is 0 Å². The Kier molecular flexibility index (Phi) is 11.2. The number of nitrogens with zero attached hydrogens (tertiary/aromatic N) is 3. The minimum Gasteiger partial charge on any atom is -0.495 e. The molecule has 0 bridgehead atoms. The molecular weight excluding hydrogens is 561 g/mol. The SMILES string of the molecule is COc1cc(C(=O)NC2CCN(C)CC2)ccc1Nc1ncc(C(F)(F)F)c(CCCCC2CCCCC2NC(C)=O)n1. The van der Waals surface area contributed by atoms with Gasteiger partial charge in [0.2, 0.25) is 11.9 Å². The number of carbonyl (C=O) groups is 2. The highest BCUT2D eigenvalue weighted by Crippen LogP contribution is 2.34. The summed E-state index contributed by atoms with van der Waals surface area (Å²) in [6, 6.07) is 5.11. The molecule has 2 fully saturated rings. The summed E-state index contributed by atoms with van der Waals surface area (Å²) < 4.78 is 46.9. The highest BCUT2D eigenvalue weighted by atomic mass is 19.4. The van der Waals surface area contributed by atoms with Crippen molar-refractivity contribution in [2.24, 2.45) is 5.92 Å². The number of aryl methyl sites for hydroxylation is 1. The second-order valence-corrected chi connectivity index (χ2v) is 11.7. The molecule has 2 aromatic rings. The molecular formula is C31H43F3N6O3. The molecule has 3 N–H and O–H groups in total. The normalized spacial score (nSPS) is 20.0. The average Bonchev–Trinajstić information content (AvgIpc) is 2.96. The second kappa shape index (κ2) is 14.9. The van der Waals surface area contributed by atoms with Gasteiger partial charge in [-0.2, -0.15) is 13.2 Å². The first kappa shape index (κ1) is 32.5. The Morgan fingerprint density at radius 3 is 2.51 bits per heavy atom. The van der Waals surface area contributed by atoms with Crippen molar-refractivity contribution in [3.05, 3.63) is 41.2 Å². The van der Waals surface area contributed by atoms with Gasteiger partial charge in [0.1, 0.15) is 5.75 Å². The molecule has 1 aliphatic heterocycles. The van der Waals surface area contributed by atoms with Crippen LogP contribution in [0.2, 0.25) is 0 Å². The summed E-state index contributed by atoms with van der Waals surface area (Å²) in [6.07, 6.45) is 4.40. The lowest BCUT2D eigenvalue weighted by Gasteiger charge is -2.32. The van der Waals surface area contributed by atoms with E-state index in [1.54, 1.807) is 18.2 Å². The third-order valence-electron chi connectivity index (χ3n) is 8.47. The van der Waals surface area contributed by atoms with Gasteiger partial charge in [0, 0.05) is 30.8 Å². The Bertz CT molecular complexity index is 1250.